The molecule has 216 valence electrons. The van der Waals surface area contributed by atoms with Crippen LogP contribution in [0.1, 0.15) is 25.5 Å². The fourth-order valence-electron chi connectivity index (χ4n) is 3.40. The first-order valence-electron chi connectivity index (χ1n) is 10.9. The maximum Gasteiger partial charge on any atom is 0.489 e. The first-order chi connectivity index (χ1) is 17.6. The van der Waals surface area contributed by atoms with Gasteiger partial charge in [-0.25, -0.2) is 23.8 Å². The predicted molar refractivity (Wildman–Crippen MR) is 127 cm³/mol. The third-order valence-electron chi connectivity index (χ3n) is 5.08. The number of anilines is 1. The van der Waals surface area contributed by atoms with E-state index in [1.165, 1.54) is 0 Å². The van der Waals surface area contributed by atoms with Crippen molar-refractivity contribution in [1.82, 2.24) is 24.6 Å². The van der Waals surface area contributed by atoms with E-state index in [1.807, 2.05) is 5.09 Å². The summed E-state index contributed by atoms with van der Waals surface area (Å²) in [4.78, 5) is 51.0. The van der Waals surface area contributed by atoms with Gasteiger partial charge in [0, 0.05) is 6.54 Å². The molecule has 1 aliphatic heterocycles. The van der Waals surface area contributed by atoms with E-state index in [2.05, 4.69) is 28.1 Å². The van der Waals surface area contributed by atoms with Crippen LogP contribution in [0.25, 0.3) is 11.2 Å². The van der Waals surface area contributed by atoms with Crippen molar-refractivity contribution in [1.29, 1.82) is 0 Å². The highest BCUT2D eigenvalue weighted by Gasteiger charge is 2.47. The molecule has 1 aliphatic rings. The maximum absolute atomic E-state index is 12.2. The number of nitrogens with one attached hydrogen (secondary N) is 2. The highest BCUT2D eigenvalue weighted by Crippen LogP contribution is 2.66. The zero-order valence-electron chi connectivity index (χ0n) is 19.5. The summed E-state index contributed by atoms with van der Waals surface area (Å²) in [5, 5.41) is 22.7. The average molecular weight is 607 g/mol. The SMILES string of the molecule is NCCCCCNP(=O)(O)OP(=O)(O)OP(=O)(O)OC[C@H]1O[C@@H](n2cnc3c(=O)[nH]c(N)nc32)[C@@H](O)C1O. The van der Waals surface area contributed by atoms with E-state index in [0.29, 0.717) is 25.8 Å². The van der Waals surface area contributed by atoms with Crippen molar-refractivity contribution < 1.29 is 56.5 Å². The Kier molecular flexibility index (Phi) is 10.00. The Morgan fingerprint density at radius 1 is 1.11 bits per heavy atom. The van der Waals surface area contributed by atoms with Crippen molar-refractivity contribution in [2.45, 2.75) is 43.8 Å². The van der Waals surface area contributed by atoms with Crippen molar-refractivity contribution in [3.05, 3.63) is 16.7 Å². The Morgan fingerprint density at radius 3 is 2.50 bits per heavy atom. The number of aromatic amines is 1. The van der Waals surface area contributed by atoms with Crippen molar-refractivity contribution in [2.24, 2.45) is 5.73 Å². The molecule has 0 radical (unpaired) electrons. The number of rotatable bonds is 14. The summed E-state index contributed by atoms with van der Waals surface area (Å²) in [5.74, 6) is -0.264. The van der Waals surface area contributed by atoms with Gasteiger partial charge in [-0.2, -0.15) is 13.6 Å². The summed E-state index contributed by atoms with van der Waals surface area (Å²) < 4.78 is 55.3. The van der Waals surface area contributed by atoms with Crippen LogP contribution < -0.4 is 22.1 Å². The molecule has 20 nitrogen and oxygen atoms in total. The molecule has 0 amide bonds. The van der Waals surface area contributed by atoms with Crippen LogP contribution in [-0.4, -0.2) is 82.4 Å². The molecule has 3 heterocycles. The van der Waals surface area contributed by atoms with Gasteiger partial charge in [0.15, 0.2) is 17.4 Å². The Hall–Kier alpha value is -1.60. The minimum atomic E-state index is -5.63. The number of fused-ring (bicyclic) bond motifs is 1. The van der Waals surface area contributed by atoms with Gasteiger partial charge < -0.3 is 41.1 Å². The summed E-state index contributed by atoms with van der Waals surface area (Å²) in [7, 11) is -16.0. The highest BCUT2D eigenvalue weighted by atomic mass is 31.3. The number of hydrogen-bond donors (Lipinski definition) is 9. The normalized spacial score (nSPS) is 26.7. The van der Waals surface area contributed by atoms with Crippen molar-refractivity contribution in [2.75, 3.05) is 25.4 Å². The van der Waals surface area contributed by atoms with Crippen molar-refractivity contribution >= 4 is 40.5 Å². The number of hydrogen-bond acceptors (Lipinski definition) is 14. The van der Waals surface area contributed by atoms with Gasteiger partial charge in [-0.1, -0.05) is 6.42 Å². The largest absolute Gasteiger partial charge is 0.489 e. The molecular weight excluding hydrogens is 579 g/mol. The van der Waals surface area contributed by atoms with Crippen LogP contribution in [-0.2, 0) is 31.6 Å². The van der Waals surface area contributed by atoms with Crippen LogP contribution in [0.5, 0.6) is 0 Å². The number of aliphatic hydroxyl groups excluding tert-OH is 2. The van der Waals surface area contributed by atoms with E-state index in [-0.39, 0.29) is 23.7 Å². The van der Waals surface area contributed by atoms with Crippen molar-refractivity contribution in [3.8, 4) is 0 Å². The number of ether oxygens (including phenoxy) is 1. The number of unbranched alkanes of at least 4 members (excludes halogenated alkanes) is 2. The molecule has 23 heteroatoms. The minimum absolute atomic E-state index is 0.0931. The third kappa shape index (κ3) is 7.97. The first-order valence-corrected chi connectivity index (χ1v) is 15.5. The van der Waals surface area contributed by atoms with E-state index < -0.39 is 60.1 Å². The first kappa shape index (κ1) is 30.9. The smallest absolute Gasteiger partial charge is 0.387 e. The lowest BCUT2D eigenvalue weighted by Gasteiger charge is -2.20. The third-order valence-corrected chi connectivity index (χ3v) is 9.54. The van der Waals surface area contributed by atoms with E-state index >= 15 is 0 Å². The lowest BCUT2D eigenvalue weighted by atomic mass is 10.1. The Balaban J connectivity index is 1.59. The van der Waals surface area contributed by atoms with Gasteiger partial charge >= 0.3 is 23.4 Å². The van der Waals surface area contributed by atoms with Crippen LogP contribution in [0.15, 0.2) is 11.1 Å². The summed E-state index contributed by atoms with van der Waals surface area (Å²) in [6.07, 6.45) is -3.61. The van der Waals surface area contributed by atoms with Gasteiger partial charge in [0.05, 0.1) is 12.9 Å². The van der Waals surface area contributed by atoms with Gasteiger partial charge in [0.1, 0.15) is 18.3 Å². The molecule has 7 atom stereocenters. The molecule has 1 fully saturated rings. The van der Waals surface area contributed by atoms with Crippen LogP contribution in [0.2, 0.25) is 0 Å². The maximum atomic E-state index is 12.2. The number of nitrogens with two attached hydrogens (primary N) is 2. The van der Waals surface area contributed by atoms with E-state index in [4.69, 9.17) is 16.2 Å². The molecule has 2 aromatic rings. The summed E-state index contributed by atoms with van der Waals surface area (Å²) in [6.45, 7) is -0.652. The summed E-state index contributed by atoms with van der Waals surface area (Å²) in [6, 6.07) is 0. The molecule has 4 unspecified atom stereocenters. The van der Waals surface area contributed by atoms with E-state index in [0.717, 1.165) is 10.9 Å². The molecule has 0 aromatic carbocycles. The fraction of sp³-hybridized carbons (Fsp3) is 0.667. The monoisotopic (exact) mass is 607 g/mol. The summed E-state index contributed by atoms with van der Waals surface area (Å²) >= 11 is 0. The Labute approximate surface area is 213 Å². The van der Waals surface area contributed by atoms with Gasteiger partial charge in [-0.3, -0.25) is 18.9 Å². The van der Waals surface area contributed by atoms with Crippen LogP contribution in [0.4, 0.5) is 5.95 Å². The van der Waals surface area contributed by atoms with Gasteiger partial charge in [-0.05, 0) is 19.4 Å². The number of phosphoric acid groups is 2. The number of nitrogens with zero attached hydrogens (tertiary/aromatic N) is 3. The molecule has 0 spiro atoms. The summed E-state index contributed by atoms with van der Waals surface area (Å²) in [5.41, 5.74) is 9.91. The topological polar surface area (TPSA) is 317 Å². The zero-order chi connectivity index (χ0) is 28.3. The Morgan fingerprint density at radius 2 is 1.82 bits per heavy atom. The average Bonchev–Trinajstić information content (AvgIpc) is 3.32. The number of aliphatic hydroxyl groups is 2. The molecule has 2 aromatic heterocycles. The number of phosphoric ester groups is 1. The van der Waals surface area contributed by atoms with Crippen molar-refractivity contribution in [3.63, 3.8) is 0 Å². The molecule has 0 saturated carbocycles. The number of nitrogen functional groups attached to an aromatic ring is 1. The fourth-order valence-corrected chi connectivity index (χ4v) is 7.14. The zero-order valence-corrected chi connectivity index (χ0v) is 22.2. The van der Waals surface area contributed by atoms with Crippen LogP contribution in [0.3, 0.4) is 0 Å². The van der Waals surface area contributed by atoms with E-state index in [9.17, 15) is 43.4 Å². The van der Waals surface area contributed by atoms with Crippen LogP contribution >= 0.6 is 23.4 Å². The quantitative estimate of drug-likeness (QED) is 0.0861. The molecule has 1 saturated heterocycles. The number of aromatic nitrogens is 4. The molecule has 0 aliphatic carbocycles. The molecule has 0 bridgehead atoms. The predicted octanol–water partition coefficient (Wildman–Crippen LogP) is -1.61. The van der Waals surface area contributed by atoms with Gasteiger partial charge in [0.25, 0.3) is 5.56 Å². The van der Waals surface area contributed by atoms with Gasteiger partial charge in [0.2, 0.25) is 5.95 Å². The second-order valence-corrected chi connectivity index (χ2v) is 12.8. The number of H-pyrrole nitrogens is 1. The molecule has 11 N–H and O–H groups in total. The molecule has 38 heavy (non-hydrogen) atoms. The Bertz CT molecular complexity index is 1320. The lowest BCUT2D eigenvalue weighted by Crippen LogP contribution is -2.33. The van der Waals surface area contributed by atoms with Crippen LogP contribution in [0, 0.1) is 0 Å². The second kappa shape index (κ2) is 12.3. The second-order valence-electron chi connectivity index (χ2n) is 8.00. The van der Waals surface area contributed by atoms with Gasteiger partial charge in [-0.15, -0.1) is 0 Å². The van der Waals surface area contributed by atoms with E-state index in [1.54, 1.807) is 0 Å². The molecular formula is C15H28N7O13P3. The molecule has 3 rings (SSSR count). The lowest BCUT2D eigenvalue weighted by molar-refractivity contribution is -0.0503. The minimum Gasteiger partial charge on any atom is -0.387 e. The number of imidazole rings is 1. The highest BCUT2D eigenvalue weighted by molar-refractivity contribution is 7.67. The standard InChI is InChI=1S/C15H28N7O13P3/c16-4-2-1-3-5-19-36(26,27)34-38(30,31)35-37(28,29)32-6-8-10(23)11(24)14(33-8)22-7-18-9-12(22)20-15(17)21-13(9)25/h7-8,10-11,14,23-24H,1-6,16H2,(H,28,29)(H,30,31)(H2,19,26,27)(H3,17,20,21,25)/t8-,10?,11+,14-/m1/s1.